The number of hydrogen-bond donors (Lipinski definition) is 1. The normalized spacial score (nSPS) is 11.7. The number of esters is 1. The standard InChI is InChI=1S/C22H19ClFNO4/c1-3-28-22(27)16-12-19(29-13(16)2)20(21(26)14-7-5-4-6-8-14)25-18-10-9-15(23)11-17(18)24/h4-12,20,25H,3H2,1-2H3. The van der Waals surface area contributed by atoms with Crippen LogP contribution in [0.1, 0.15) is 45.2 Å². The lowest BCUT2D eigenvalue weighted by Gasteiger charge is -2.17. The van der Waals surface area contributed by atoms with Crippen molar-refractivity contribution in [3.05, 3.63) is 88.1 Å². The first kappa shape index (κ1) is 20.6. The summed E-state index contributed by atoms with van der Waals surface area (Å²) in [6.45, 7) is 3.50. The third-order valence-electron chi connectivity index (χ3n) is 4.27. The van der Waals surface area contributed by atoms with Crippen LogP contribution in [0.3, 0.4) is 0 Å². The molecule has 0 saturated heterocycles. The van der Waals surface area contributed by atoms with Crippen LogP contribution in [-0.2, 0) is 4.74 Å². The van der Waals surface area contributed by atoms with Crippen LogP contribution in [0.15, 0.2) is 59.0 Å². The van der Waals surface area contributed by atoms with Crippen LogP contribution in [0.25, 0.3) is 0 Å². The number of halogens is 2. The Morgan fingerprint density at radius 3 is 2.55 bits per heavy atom. The zero-order valence-electron chi connectivity index (χ0n) is 15.9. The smallest absolute Gasteiger partial charge is 0.341 e. The monoisotopic (exact) mass is 415 g/mol. The Hall–Kier alpha value is -3.12. The molecule has 0 aliphatic rings. The second kappa shape index (κ2) is 8.92. The van der Waals surface area contributed by atoms with Gasteiger partial charge >= 0.3 is 5.97 Å². The zero-order chi connectivity index (χ0) is 21.0. The summed E-state index contributed by atoms with van der Waals surface area (Å²) in [5.74, 6) is -1.03. The van der Waals surface area contributed by atoms with Crippen LogP contribution in [0.4, 0.5) is 10.1 Å². The number of nitrogens with one attached hydrogen (secondary N) is 1. The van der Waals surface area contributed by atoms with E-state index < -0.39 is 17.8 Å². The number of ketones is 1. The molecule has 150 valence electrons. The van der Waals surface area contributed by atoms with E-state index in [1.54, 1.807) is 44.2 Å². The molecule has 1 unspecified atom stereocenters. The van der Waals surface area contributed by atoms with Gasteiger partial charge < -0.3 is 14.5 Å². The Morgan fingerprint density at radius 1 is 1.17 bits per heavy atom. The molecule has 3 aromatic rings. The Kier molecular flexibility index (Phi) is 6.34. The van der Waals surface area contributed by atoms with E-state index in [-0.39, 0.29) is 34.4 Å². The highest BCUT2D eigenvalue weighted by atomic mass is 35.5. The van der Waals surface area contributed by atoms with Crippen molar-refractivity contribution < 1.29 is 23.1 Å². The predicted octanol–water partition coefficient (Wildman–Crippen LogP) is 5.59. The quantitative estimate of drug-likeness (QED) is 0.402. The first-order chi connectivity index (χ1) is 13.9. The van der Waals surface area contributed by atoms with Crippen LogP contribution < -0.4 is 5.32 Å². The number of benzene rings is 2. The van der Waals surface area contributed by atoms with E-state index >= 15 is 0 Å². The molecule has 1 atom stereocenters. The molecular formula is C22H19ClFNO4. The molecule has 0 fully saturated rings. The highest BCUT2D eigenvalue weighted by Crippen LogP contribution is 2.30. The number of rotatable bonds is 7. The van der Waals surface area contributed by atoms with Crippen LogP contribution in [0.5, 0.6) is 0 Å². The molecule has 2 aromatic carbocycles. The van der Waals surface area contributed by atoms with E-state index in [4.69, 9.17) is 20.8 Å². The Labute approximate surface area is 172 Å². The van der Waals surface area contributed by atoms with Gasteiger partial charge in [-0.2, -0.15) is 0 Å². The van der Waals surface area contributed by atoms with Crippen LogP contribution in [0.2, 0.25) is 5.02 Å². The Balaban J connectivity index is 2.02. The summed E-state index contributed by atoms with van der Waals surface area (Å²) in [4.78, 5) is 25.3. The van der Waals surface area contributed by atoms with Crippen molar-refractivity contribution in [1.29, 1.82) is 0 Å². The second-order valence-corrected chi connectivity index (χ2v) is 6.71. The topological polar surface area (TPSA) is 68.5 Å². The lowest BCUT2D eigenvalue weighted by atomic mass is 10.0. The summed E-state index contributed by atoms with van der Waals surface area (Å²) in [7, 11) is 0. The molecule has 0 radical (unpaired) electrons. The molecule has 1 N–H and O–H groups in total. The molecule has 3 rings (SSSR count). The minimum atomic E-state index is -1.06. The molecule has 1 heterocycles. The molecule has 29 heavy (non-hydrogen) atoms. The number of anilines is 1. The number of ether oxygens (including phenoxy) is 1. The first-order valence-electron chi connectivity index (χ1n) is 8.99. The highest BCUT2D eigenvalue weighted by Gasteiger charge is 2.29. The van der Waals surface area contributed by atoms with Crippen molar-refractivity contribution >= 4 is 29.0 Å². The van der Waals surface area contributed by atoms with E-state index in [0.717, 1.165) is 6.07 Å². The van der Waals surface area contributed by atoms with Crippen molar-refractivity contribution in [2.24, 2.45) is 0 Å². The molecule has 7 heteroatoms. The minimum absolute atomic E-state index is 0.0791. The van der Waals surface area contributed by atoms with E-state index in [0.29, 0.717) is 11.3 Å². The maximum absolute atomic E-state index is 14.3. The number of carbonyl (C=O) groups excluding carboxylic acids is 2. The van der Waals surface area contributed by atoms with E-state index in [2.05, 4.69) is 5.32 Å². The maximum Gasteiger partial charge on any atom is 0.341 e. The van der Waals surface area contributed by atoms with Gasteiger partial charge in [0.15, 0.2) is 5.78 Å². The van der Waals surface area contributed by atoms with Crippen LogP contribution in [0, 0.1) is 12.7 Å². The maximum atomic E-state index is 14.3. The van der Waals surface area contributed by atoms with Gasteiger partial charge in [-0.15, -0.1) is 0 Å². The SMILES string of the molecule is CCOC(=O)c1cc(C(Nc2ccc(Cl)cc2F)C(=O)c2ccccc2)oc1C. The van der Waals surface area contributed by atoms with Gasteiger partial charge in [-0.05, 0) is 38.1 Å². The fourth-order valence-corrected chi connectivity index (χ4v) is 3.01. The van der Waals surface area contributed by atoms with Crippen LogP contribution >= 0.6 is 11.6 Å². The van der Waals surface area contributed by atoms with Gasteiger partial charge in [-0.25, -0.2) is 9.18 Å². The number of carbonyl (C=O) groups is 2. The van der Waals surface area contributed by atoms with Crippen molar-refractivity contribution in [2.45, 2.75) is 19.9 Å². The molecule has 1 aromatic heterocycles. The average molecular weight is 416 g/mol. The second-order valence-electron chi connectivity index (χ2n) is 6.27. The van der Waals surface area contributed by atoms with E-state index in [1.807, 2.05) is 0 Å². The zero-order valence-corrected chi connectivity index (χ0v) is 16.6. The molecule has 0 saturated carbocycles. The van der Waals surface area contributed by atoms with Crippen molar-refractivity contribution in [1.82, 2.24) is 0 Å². The van der Waals surface area contributed by atoms with Gasteiger partial charge in [0.1, 0.15) is 28.9 Å². The van der Waals surface area contributed by atoms with Crippen molar-refractivity contribution in [3.8, 4) is 0 Å². The van der Waals surface area contributed by atoms with E-state index in [1.165, 1.54) is 18.2 Å². The molecule has 0 bridgehead atoms. The summed E-state index contributed by atoms with van der Waals surface area (Å²) in [5.41, 5.74) is 0.701. The van der Waals surface area contributed by atoms with Gasteiger partial charge in [-0.3, -0.25) is 4.79 Å². The summed E-state index contributed by atoms with van der Waals surface area (Å²) in [5, 5.41) is 3.11. The summed E-state index contributed by atoms with van der Waals surface area (Å²) in [6.07, 6.45) is 0. The van der Waals surface area contributed by atoms with Crippen molar-refractivity contribution in [2.75, 3.05) is 11.9 Å². The molecule has 0 amide bonds. The summed E-state index contributed by atoms with van der Waals surface area (Å²) in [6, 6.07) is 13.0. The molecule has 5 nitrogen and oxygen atoms in total. The fraction of sp³-hybridized carbons (Fsp3) is 0.182. The number of hydrogen-bond acceptors (Lipinski definition) is 5. The lowest BCUT2D eigenvalue weighted by molar-refractivity contribution is 0.0524. The van der Waals surface area contributed by atoms with Gasteiger partial charge in [0.05, 0.1) is 12.3 Å². The Bertz CT molecular complexity index is 1030. The molecule has 0 spiro atoms. The summed E-state index contributed by atoms with van der Waals surface area (Å²) < 4.78 is 25.1. The molecular weight excluding hydrogens is 397 g/mol. The minimum Gasteiger partial charge on any atom is -0.463 e. The third kappa shape index (κ3) is 4.66. The van der Waals surface area contributed by atoms with Crippen molar-refractivity contribution in [3.63, 3.8) is 0 Å². The number of furan rings is 1. The molecule has 0 aliphatic carbocycles. The summed E-state index contributed by atoms with van der Waals surface area (Å²) >= 11 is 5.81. The largest absolute Gasteiger partial charge is 0.463 e. The van der Waals surface area contributed by atoms with Gasteiger partial charge in [-0.1, -0.05) is 41.9 Å². The van der Waals surface area contributed by atoms with E-state index in [9.17, 15) is 14.0 Å². The number of aryl methyl sites for hydroxylation is 1. The first-order valence-corrected chi connectivity index (χ1v) is 9.36. The van der Waals surface area contributed by atoms with Gasteiger partial charge in [0.2, 0.25) is 0 Å². The Morgan fingerprint density at radius 2 is 1.90 bits per heavy atom. The van der Waals surface area contributed by atoms with Gasteiger partial charge in [0.25, 0.3) is 0 Å². The highest BCUT2D eigenvalue weighted by molar-refractivity contribution is 6.30. The fourth-order valence-electron chi connectivity index (χ4n) is 2.86. The predicted molar refractivity (Wildman–Crippen MR) is 108 cm³/mol. The van der Waals surface area contributed by atoms with Gasteiger partial charge in [0, 0.05) is 10.6 Å². The van der Waals surface area contributed by atoms with Crippen LogP contribution in [-0.4, -0.2) is 18.4 Å². The third-order valence-corrected chi connectivity index (χ3v) is 4.50. The average Bonchev–Trinajstić information content (AvgIpc) is 3.09. The molecule has 0 aliphatic heterocycles. The number of Topliss-reactive ketones (excluding diaryl/α,β-unsaturated/α-hetero) is 1. The lowest BCUT2D eigenvalue weighted by Crippen LogP contribution is -2.21.